The molecular weight excluding hydrogens is 348 g/mol. The van der Waals surface area contributed by atoms with Crippen LogP contribution >= 0.6 is 0 Å². The average molecular weight is 368 g/mol. The third-order valence-electron chi connectivity index (χ3n) is 3.63. The Morgan fingerprint density at radius 2 is 1.59 bits per heavy atom. The van der Waals surface area contributed by atoms with Crippen molar-refractivity contribution in [3.63, 3.8) is 0 Å². The average Bonchev–Trinajstić information content (AvgIpc) is 2.68. The van der Waals surface area contributed by atoms with E-state index in [-0.39, 0.29) is 5.57 Å². The SMILES string of the molecule is COC(=O)c1ccc(NC(=O)/C(C)=C/C(=O)Nc2ccccc2OC)cc1. The number of esters is 1. The van der Waals surface area contributed by atoms with Gasteiger partial charge in [-0.15, -0.1) is 0 Å². The monoisotopic (exact) mass is 368 g/mol. The van der Waals surface area contributed by atoms with Crippen molar-refractivity contribution in [1.82, 2.24) is 0 Å². The highest BCUT2D eigenvalue weighted by atomic mass is 16.5. The molecule has 0 aliphatic rings. The number of carbonyl (C=O) groups excluding carboxylic acids is 3. The standard InChI is InChI=1S/C20H20N2O5/c1-13(12-18(23)22-16-6-4-5-7-17(16)26-2)19(24)21-15-10-8-14(9-11-15)20(25)27-3/h4-12H,1-3H3,(H,21,24)(H,22,23)/b13-12+. The van der Waals surface area contributed by atoms with Crippen molar-refractivity contribution in [3.8, 4) is 5.75 Å². The zero-order valence-electron chi connectivity index (χ0n) is 15.2. The van der Waals surface area contributed by atoms with Crippen LogP contribution in [0, 0.1) is 0 Å². The van der Waals surface area contributed by atoms with E-state index in [2.05, 4.69) is 15.4 Å². The Kier molecular flexibility index (Phi) is 6.71. The molecule has 2 N–H and O–H groups in total. The number of amides is 2. The van der Waals surface area contributed by atoms with Gasteiger partial charge in [0, 0.05) is 17.3 Å². The molecule has 0 fully saturated rings. The topological polar surface area (TPSA) is 93.7 Å². The molecule has 0 bridgehead atoms. The summed E-state index contributed by atoms with van der Waals surface area (Å²) in [6.45, 7) is 1.53. The fourth-order valence-corrected chi connectivity index (χ4v) is 2.22. The summed E-state index contributed by atoms with van der Waals surface area (Å²) in [5.74, 6) is -0.826. The van der Waals surface area contributed by atoms with Crippen molar-refractivity contribution in [2.45, 2.75) is 6.92 Å². The number of para-hydroxylation sites is 2. The lowest BCUT2D eigenvalue weighted by atomic mass is 10.2. The van der Waals surface area contributed by atoms with Crippen LogP contribution in [0.25, 0.3) is 0 Å². The minimum atomic E-state index is -0.461. The number of carbonyl (C=O) groups is 3. The van der Waals surface area contributed by atoms with Gasteiger partial charge in [-0.25, -0.2) is 4.79 Å². The molecule has 0 aliphatic heterocycles. The smallest absolute Gasteiger partial charge is 0.337 e. The van der Waals surface area contributed by atoms with Crippen molar-refractivity contribution in [1.29, 1.82) is 0 Å². The van der Waals surface area contributed by atoms with Gasteiger partial charge in [-0.1, -0.05) is 12.1 Å². The van der Waals surface area contributed by atoms with Crippen LogP contribution in [-0.2, 0) is 14.3 Å². The van der Waals surface area contributed by atoms with Gasteiger partial charge in [-0.2, -0.15) is 0 Å². The minimum absolute atomic E-state index is 0.222. The Bertz CT molecular complexity index is 872. The van der Waals surface area contributed by atoms with E-state index < -0.39 is 17.8 Å². The predicted molar refractivity (Wildman–Crippen MR) is 102 cm³/mol. The quantitative estimate of drug-likeness (QED) is 0.604. The van der Waals surface area contributed by atoms with Crippen LogP contribution < -0.4 is 15.4 Å². The fourth-order valence-electron chi connectivity index (χ4n) is 2.22. The van der Waals surface area contributed by atoms with E-state index in [1.807, 2.05) is 0 Å². The Morgan fingerprint density at radius 1 is 0.926 bits per heavy atom. The number of nitrogens with one attached hydrogen (secondary N) is 2. The lowest BCUT2D eigenvalue weighted by Gasteiger charge is -2.09. The molecule has 2 amide bonds. The number of hydrogen-bond donors (Lipinski definition) is 2. The van der Waals surface area contributed by atoms with Gasteiger partial charge in [0.05, 0.1) is 25.5 Å². The van der Waals surface area contributed by atoms with Crippen LogP contribution in [0.2, 0.25) is 0 Å². The van der Waals surface area contributed by atoms with E-state index in [0.29, 0.717) is 22.7 Å². The second-order valence-electron chi connectivity index (χ2n) is 5.54. The Morgan fingerprint density at radius 3 is 2.22 bits per heavy atom. The molecular formula is C20H20N2O5. The van der Waals surface area contributed by atoms with Gasteiger partial charge in [-0.05, 0) is 43.3 Å². The second kappa shape index (κ2) is 9.19. The molecule has 0 radical (unpaired) electrons. The molecule has 2 aromatic rings. The van der Waals surface area contributed by atoms with E-state index in [1.165, 1.54) is 39.4 Å². The van der Waals surface area contributed by atoms with Gasteiger partial charge in [-0.3, -0.25) is 9.59 Å². The van der Waals surface area contributed by atoms with E-state index >= 15 is 0 Å². The summed E-state index contributed by atoms with van der Waals surface area (Å²) < 4.78 is 9.78. The maximum atomic E-state index is 12.2. The summed E-state index contributed by atoms with van der Waals surface area (Å²) >= 11 is 0. The number of hydrogen-bond acceptors (Lipinski definition) is 5. The molecule has 0 saturated heterocycles. The third-order valence-corrected chi connectivity index (χ3v) is 3.63. The first-order valence-electron chi connectivity index (χ1n) is 8.06. The van der Waals surface area contributed by atoms with Gasteiger partial charge < -0.3 is 20.1 Å². The molecule has 7 heteroatoms. The summed E-state index contributed by atoms with van der Waals surface area (Å²) in [6, 6.07) is 13.2. The van der Waals surface area contributed by atoms with Crippen LogP contribution in [0.3, 0.4) is 0 Å². The normalized spacial score (nSPS) is 10.7. The zero-order valence-corrected chi connectivity index (χ0v) is 15.2. The van der Waals surface area contributed by atoms with Crippen molar-refractivity contribution in [2.24, 2.45) is 0 Å². The molecule has 0 aromatic heterocycles. The summed E-state index contributed by atoms with van der Waals surface area (Å²) in [7, 11) is 2.80. The number of ether oxygens (including phenoxy) is 2. The third kappa shape index (κ3) is 5.43. The van der Waals surface area contributed by atoms with Crippen LogP contribution in [0.4, 0.5) is 11.4 Å². The fraction of sp³-hybridized carbons (Fsp3) is 0.150. The molecule has 0 aliphatic carbocycles. The van der Waals surface area contributed by atoms with Crippen molar-refractivity contribution < 1.29 is 23.9 Å². The number of methoxy groups -OCH3 is 2. The second-order valence-corrected chi connectivity index (χ2v) is 5.54. The van der Waals surface area contributed by atoms with Crippen molar-refractivity contribution >= 4 is 29.2 Å². The van der Waals surface area contributed by atoms with Gasteiger partial charge in [0.1, 0.15) is 5.75 Å². The summed E-state index contributed by atoms with van der Waals surface area (Å²) in [4.78, 5) is 35.7. The van der Waals surface area contributed by atoms with Crippen LogP contribution in [0.5, 0.6) is 5.75 Å². The van der Waals surface area contributed by atoms with Crippen molar-refractivity contribution in [2.75, 3.05) is 24.9 Å². The van der Waals surface area contributed by atoms with Gasteiger partial charge in [0.2, 0.25) is 5.91 Å². The van der Waals surface area contributed by atoms with Crippen LogP contribution in [-0.4, -0.2) is 32.0 Å². The van der Waals surface area contributed by atoms with E-state index in [0.717, 1.165) is 0 Å². The highest BCUT2D eigenvalue weighted by molar-refractivity contribution is 6.10. The molecule has 2 aromatic carbocycles. The highest BCUT2D eigenvalue weighted by Gasteiger charge is 2.10. The molecule has 2 rings (SSSR count). The lowest BCUT2D eigenvalue weighted by Crippen LogP contribution is -2.16. The maximum Gasteiger partial charge on any atom is 0.337 e. The molecule has 0 atom stereocenters. The molecule has 27 heavy (non-hydrogen) atoms. The van der Waals surface area contributed by atoms with E-state index in [1.54, 1.807) is 36.4 Å². The van der Waals surface area contributed by atoms with E-state index in [9.17, 15) is 14.4 Å². The van der Waals surface area contributed by atoms with Gasteiger partial charge in [0.15, 0.2) is 0 Å². The zero-order chi connectivity index (χ0) is 19.8. The summed E-state index contributed by atoms with van der Waals surface area (Å²) in [5, 5.41) is 5.32. The molecule has 0 spiro atoms. The maximum absolute atomic E-state index is 12.2. The number of rotatable bonds is 6. The summed E-state index contributed by atoms with van der Waals surface area (Å²) in [6.07, 6.45) is 1.20. The van der Waals surface area contributed by atoms with Gasteiger partial charge in [0.25, 0.3) is 5.91 Å². The number of benzene rings is 2. The molecule has 140 valence electrons. The molecule has 7 nitrogen and oxygen atoms in total. The molecule has 0 unspecified atom stereocenters. The first-order chi connectivity index (χ1) is 12.9. The van der Waals surface area contributed by atoms with Gasteiger partial charge >= 0.3 is 5.97 Å². The largest absolute Gasteiger partial charge is 0.495 e. The predicted octanol–water partition coefficient (Wildman–Crippen LogP) is 3.01. The highest BCUT2D eigenvalue weighted by Crippen LogP contribution is 2.23. The minimum Gasteiger partial charge on any atom is -0.495 e. The Hall–Kier alpha value is -3.61. The molecule has 0 saturated carbocycles. The lowest BCUT2D eigenvalue weighted by molar-refractivity contribution is -0.114. The first kappa shape index (κ1) is 19.7. The first-order valence-corrected chi connectivity index (χ1v) is 8.06. The Balaban J connectivity index is 2.01. The summed E-state index contributed by atoms with van der Waals surface area (Å²) in [5.41, 5.74) is 1.59. The van der Waals surface area contributed by atoms with Crippen LogP contribution in [0.1, 0.15) is 17.3 Å². The van der Waals surface area contributed by atoms with Crippen LogP contribution in [0.15, 0.2) is 60.2 Å². The van der Waals surface area contributed by atoms with Crippen molar-refractivity contribution in [3.05, 3.63) is 65.7 Å². The van der Waals surface area contributed by atoms with E-state index in [4.69, 9.17) is 4.74 Å². The molecule has 0 heterocycles. The Labute approximate surface area is 157 Å². The number of anilines is 2.